The third-order valence-electron chi connectivity index (χ3n) is 4.16. The van der Waals surface area contributed by atoms with Crippen LogP contribution in [0.1, 0.15) is 30.8 Å². The molecule has 1 N–H and O–H groups in total. The van der Waals surface area contributed by atoms with E-state index >= 15 is 0 Å². The molecule has 3 aromatic rings. The molecule has 0 spiro atoms. The monoisotopic (exact) mass is 400 g/mol. The minimum atomic E-state index is -3.24. The zero-order valence-electron chi connectivity index (χ0n) is 15.5. The third kappa shape index (κ3) is 5.01. The van der Waals surface area contributed by atoms with E-state index in [1.807, 2.05) is 6.92 Å². The van der Waals surface area contributed by atoms with Crippen LogP contribution in [-0.4, -0.2) is 35.7 Å². The number of carbonyl (C=O) groups is 1. The van der Waals surface area contributed by atoms with Crippen molar-refractivity contribution in [3.8, 4) is 11.4 Å². The largest absolute Gasteiger partial charge is 0.350 e. The molecule has 1 atom stereocenters. The summed E-state index contributed by atoms with van der Waals surface area (Å²) in [5.41, 5.74) is 1.61. The summed E-state index contributed by atoms with van der Waals surface area (Å²) in [5.74, 6) is 0.674. The van der Waals surface area contributed by atoms with E-state index in [9.17, 15) is 13.2 Å². The maximum Gasteiger partial charge on any atom is 0.227 e. The fourth-order valence-electron chi connectivity index (χ4n) is 2.60. The van der Waals surface area contributed by atoms with Crippen molar-refractivity contribution in [1.82, 2.24) is 20.4 Å². The van der Waals surface area contributed by atoms with Crippen LogP contribution >= 0.6 is 0 Å². The molecule has 8 nitrogen and oxygen atoms in total. The summed E-state index contributed by atoms with van der Waals surface area (Å²) >= 11 is 0. The number of aryl methyl sites for hydroxylation is 1. The van der Waals surface area contributed by atoms with Crippen molar-refractivity contribution in [1.29, 1.82) is 0 Å². The van der Waals surface area contributed by atoms with Crippen LogP contribution in [0.2, 0.25) is 0 Å². The lowest BCUT2D eigenvalue weighted by atomic mass is 10.1. The molecule has 0 fully saturated rings. The van der Waals surface area contributed by atoms with Crippen LogP contribution in [0.15, 0.2) is 58.2 Å². The lowest BCUT2D eigenvalue weighted by Gasteiger charge is -2.14. The van der Waals surface area contributed by atoms with E-state index in [4.69, 9.17) is 4.52 Å². The third-order valence-corrected chi connectivity index (χ3v) is 5.29. The maximum atomic E-state index is 12.2. The van der Waals surface area contributed by atoms with Gasteiger partial charge < -0.3 is 9.84 Å². The van der Waals surface area contributed by atoms with E-state index in [-0.39, 0.29) is 23.3 Å². The molecule has 1 amide bonds. The highest BCUT2D eigenvalue weighted by atomic mass is 32.2. The molecule has 0 aliphatic carbocycles. The number of hydrogen-bond acceptors (Lipinski definition) is 7. The molecule has 0 aliphatic rings. The molecule has 1 aromatic carbocycles. The summed E-state index contributed by atoms with van der Waals surface area (Å²) < 4.78 is 28.2. The van der Waals surface area contributed by atoms with Crippen LogP contribution in [-0.2, 0) is 21.1 Å². The zero-order valence-corrected chi connectivity index (χ0v) is 16.3. The summed E-state index contributed by atoms with van der Waals surface area (Å²) in [6.07, 6.45) is 4.96. The average Bonchev–Trinajstić information content (AvgIpc) is 3.15. The minimum absolute atomic E-state index is 0.164. The van der Waals surface area contributed by atoms with Gasteiger partial charge in [-0.25, -0.2) is 8.42 Å². The second-order valence-corrected chi connectivity index (χ2v) is 8.39. The second-order valence-electron chi connectivity index (χ2n) is 6.38. The highest BCUT2D eigenvalue weighted by Crippen LogP contribution is 2.17. The number of aromatic nitrogens is 3. The molecule has 0 aliphatic heterocycles. The van der Waals surface area contributed by atoms with Crippen molar-refractivity contribution >= 4 is 15.7 Å². The molecule has 2 heterocycles. The summed E-state index contributed by atoms with van der Waals surface area (Å²) in [7, 11) is -3.24. The van der Waals surface area contributed by atoms with Crippen molar-refractivity contribution in [2.24, 2.45) is 0 Å². The highest BCUT2D eigenvalue weighted by molar-refractivity contribution is 7.90. The van der Waals surface area contributed by atoms with Crippen molar-refractivity contribution < 1.29 is 17.7 Å². The van der Waals surface area contributed by atoms with E-state index in [1.165, 1.54) is 12.1 Å². The predicted octanol–water partition coefficient (Wildman–Crippen LogP) is 2.35. The Morgan fingerprint density at radius 1 is 1.14 bits per heavy atom. The zero-order chi connectivity index (χ0) is 20.1. The SMILES string of the molecule is CC(NC(=O)CCc1nc(-c2ccncc2)no1)c1ccc(S(C)(=O)=O)cc1. The van der Waals surface area contributed by atoms with E-state index in [1.54, 1.807) is 36.7 Å². The number of nitrogens with one attached hydrogen (secondary N) is 1. The number of rotatable bonds is 7. The molecule has 9 heteroatoms. The fourth-order valence-corrected chi connectivity index (χ4v) is 3.23. The van der Waals surface area contributed by atoms with Gasteiger partial charge in [0, 0.05) is 37.1 Å². The first-order valence-corrected chi connectivity index (χ1v) is 10.5. The number of hydrogen-bond donors (Lipinski definition) is 1. The standard InChI is InChI=1S/C19H20N4O4S/c1-13(14-3-5-16(6-4-14)28(2,25)26)21-17(24)7-8-18-22-19(23-27-18)15-9-11-20-12-10-15/h3-6,9-13H,7-8H2,1-2H3,(H,21,24). The van der Waals surface area contributed by atoms with E-state index < -0.39 is 9.84 Å². The van der Waals surface area contributed by atoms with E-state index in [0.717, 1.165) is 17.4 Å². The van der Waals surface area contributed by atoms with Crippen LogP contribution in [0.4, 0.5) is 0 Å². The fraction of sp³-hybridized carbons (Fsp3) is 0.263. The van der Waals surface area contributed by atoms with E-state index in [2.05, 4.69) is 20.4 Å². The molecular weight excluding hydrogens is 380 g/mol. The number of carbonyl (C=O) groups excluding carboxylic acids is 1. The molecule has 28 heavy (non-hydrogen) atoms. The Morgan fingerprint density at radius 2 is 1.82 bits per heavy atom. The van der Waals surface area contributed by atoms with Crippen molar-refractivity contribution in [3.63, 3.8) is 0 Å². The molecule has 0 radical (unpaired) electrons. The Bertz CT molecular complexity index is 1050. The summed E-state index contributed by atoms with van der Waals surface area (Å²) in [5, 5.41) is 6.78. The van der Waals surface area contributed by atoms with Crippen LogP contribution in [0.5, 0.6) is 0 Å². The van der Waals surface area contributed by atoms with Gasteiger partial charge in [0.15, 0.2) is 9.84 Å². The van der Waals surface area contributed by atoms with Gasteiger partial charge in [-0.2, -0.15) is 4.98 Å². The highest BCUT2D eigenvalue weighted by Gasteiger charge is 2.14. The van der Waals surface area contributed by atoms with Crippen molar-refractivity contribution in [2.45, 2.75) is 30.7 Å². The van der Waals surface area contributed by atoms with Gasteiger partial charge in [-0.05, 0) is 36.8 Å². The second kappa shape index (κ2) is 8.30. The maximum absolute atomic E-state index is 12.2. The van der Waals surface area contributed by atoms with Crippen LogP contribution < -0.4 is 5.32 Å². The van der Waals surface area contributed by atoms with Crippen LogP contribution in [0, 0.1) is 0 Å². The topological polar surface area (TPSA) is 115 Å². The molecule has 0 saturated heterocycles. The molecule has 0 saturated carbocycles. The van der Waals surface area contributed by atoms with Gasteiger partial charge >= 0.3 is 0 Å². The number of pyridine rings is 1. The molecule has 3 rings (SSSR count). The smallest absolute Gasteiger partial charge is 0.227 e. The number of nitrogens with zero attached hydrogens (tertiary/aromatic N) is 3. The molecule has 2 aromatic heterocycles. The van der Waals surface area contributed by atoms with Gasteiger partial charge in [-0.15, -0.1) is 0 Å². The van der Waals surface area contributed by atoms with Gasteiger partial charge in [0.05, 0.1) is 10.9 Å². The molecule has 1 unspecified atom stereocenters. The first-order chi connectivity index (χ1) is 13.3. The minimum Gasteiger partial charge on any atom is -0.350 e. The normalized spacial score (nSPS) is 12.5. The quantitative estimate of drug-likeness (QED) is 0.647. The van der Waals surface area contributed by atoms with Gasteiger partial charge in [-0.3, -0.25) is 9.78 Å². The van der Waals surface area contributed by atoms with Gasteiger partial charge in [0.1, 0.15) is 0 Å². The van der Waals surface area contributed by atoms with Crippen LogP contribution in [0.3, 0.4) is 0 Å². The van der Waals surface area contributed by atoms with Gasteiger partial charge in [-0.1, -0.05) is 17.3 Å². The first-order valence-electron chi connectivity index (χ1n) is 8.65. The Labute approximate surface area is 162 Å². The number of sulfone groups is 1. The summed E-state index contributed by atoms with van der Waals surface area (Å²) in [6, 6.07) is 9.76. The molecule has 146 valence electrons. The summed E-state index contributed by atoms with van der Waals surface area (Å²) in [6.45, 7) is 1.83. The predicted molar refractivity (Wildman–Crippen MR) is 102 cm³/mol. The lowest BCUT2D eigenvalue weighted by molar-refractivity contribution is -0.121. The molecular formula is C19H20N4O4S. The Morgan fingerprint density at radius 3 is 2.46 bits per heavy atom. The Kier molecular flexibility index (Phi) is 5.84. The Balaban J connectivity index is 1.54. The summed E-state index contributed by atoms with van der Waals surface area (Å²) in [4.78, 5) is 20.7. The van der Waals surface area contributed by atoms with E-state index in [0.29, 0.717) is 18.1 Å². The molecule has 0 bridgehead atoms. The average molecular weight is 400 g/mol. The first kappa shape index (κ1) is 19.7. The Hall–Kier alpha value is -3.07. The number of benzene rings is 1. The van der Waals surface area contributed by atoms with Gasteiger partial charge in [0.25, 0.3) is 0 Å². The lowest BCUT2D eigenvalue weighted by Crippen LogP contribution is -2.26. The van der Waals surface area contributed by atoms with Crippen molar-refractivity contribution in [2.75, 3.05) is 6.26 Å². The van der Waals surface area contributed by atoms with Crippen LogP contribution in [0.25, 0.3) is 11.4 Å². The number of amides is 1. The van der Waals surface area contributed by atoms with Gasteiger partial charge in [0.2, 0.25) is 17.6 Å². The van der Waals surface area contributed by atoms with Crippen molar-refractivity contribution in [3.05, 3.63) is 60.2 Å².